The van der Waals surface area contributed by atoms with E-state index in [4.69, 9.17) is 9.05 Å². The lowest BCUT2D eigenvalue weighted by Crippen LogP contribution is -2.45. The number of aliphatic hydroxyl groups excluding tert-OH is 1. The summed E-state index contributed by atoms with van der Waals surface area (Å²) in [6.07, 6.45) is 63.2. The highest BCUT2D eigenvalue weighted by Crippen LogP contribution is 2.38. The molecule has 1 amide bonds. The molecule has 0 aliphatic heterocycles. The number of rotatable bonds is 44. The molecule has 9 heteroatoms. The van der Waals surface area contributed by atoms with Crippen LogP contribution < -0.4 is 10.2 Å². The summed E-state index contributed by atoms with van der Waals surface area (Å²) in [6, 6.07) is -0.916. The van der Waals surface area contributed by atoms with Gasteiger partial charge < -0.3 is 28.8 Å². The topological polar surface area (TPSA) is 108 Å². The maximum atomic E-state index is 12.9. The monoisotopic (exact) mass is 899 g/mol. The highest BCUT2D eigenvalue weighted by molar-refractivity contribution is 7.45. The van der Waals surface area contributed by atoms with Crippen molar-refractivity contribution in [3.63, 3.8) is 0 Å². The van der Waals surface area contributed by atoms with Crippen LogP contribution in [0, 0.1) is 0 Å². The second-order valence-electron chi connectivity index (χ2n) is 17.8. The average molecular weight is 899 g/mol. The Morgan fingerprint density at radius 2 is 0.984 bits per heavy atom. The van der Waals surface area contributed by atoms with E-state index in [2.05, 4.69) is 104 Å². The number of allylic oxidation sites excluding steroid dienone is 15. The van der Waals surface area contributed by atoms with Crippen LogP contribution >= 0.6 is 7.82 Å². The third kappa shape index (κ3) is 47.2. The van der Waals surface area contributed by atoms with Crippen molar-refractivity contribution < 1.29 is 32.9 Å². The van der Waals surface area contributed by atoms with E-state index in [1.54, 1.807) is 6.08 Å². The molecule has 0 aliphatic rings. The highest BCUT2D eigenvalue weighted by atomic mass is 31.2. The van der Waals surface area contributed by atoms with Gasteiger partial charge in [0, 0.05) is 6.42 Å². The molecule has 0 aromatic carbocycles. The van der Waals surface area contributed by atoms with Crippen LogP contribution in [0.4, 0.5) is 0 Å². The fraction of sp³-hybridized carbons (Fsp3) is 0.685. The van der Waals surface area contributed by atoms with Gasteiger partial charge in [0.1, 0.15) is 13.2 Å². The number of quaternary nitrogens is 1. The molecule has 0 spiro atoms. The third-order valence-corrected chi connectivity index (χ3v) is 11.5. The molecule has 362 valence electrons. The minimum atomic E-state index is -4.61. The fourth-order valence-corrected chi connectivity index (χ4v) is 7.29. The summed E-state index contributed by atoms with van der Waals surface area (Å²) in [4.78, 5) is 25.4. The van der Waals surface area contributed by atoms with Crippen LogP contribution in [0.2, 0.25) is 0 Å². The zero-order chi connectivity index (χ0) is 46.4. The van der Waals surface area contributed by atoms with E-state index in [1.807, 2.05) is 27.2 Å². The van der Waals surface area contributed by atoms with Crippen LogP contribution in [0.1, 0.15) is 187 Å². The number of hydrogen-bond donors (Lipinski definition) is 2. The number of phosphoric ester groups is 1. The zero-order valence-corrected chi connectivity index (χ0v) is 41.9. The number of aliphatic hydroxyl groups is 1. The van der Waals surface area contributed by atoms with Gasteiger partial charge in [-0.15, -0.1) is 0 Å². The van der Waals surface area contributed by atoms with Gasteiger partial charge in [-0.05, 0) is 89.9 Å². The van der Waals surface area contributed by atoms with Crippen LogP contribution in [-0.2, 0) is 18.4 Å². The van der Waals surface area contributed by atoms with Gasteiger partial charge in [0.25, 0.3) is 7.82 Å². The molecular formula is C54H95N2O6P. The summed E-state index contributed by atoms with van der Waals surface area (Å²) in [5.74, 6) is -0.220. The molecule has 0 fully saturated rings. The Kier molecular flexibility index (Phi) is 42.8. The van der Waals surface area contributed by atoms with Crippen molar-refractivity contribution in [2.45, 2.75) is 199 Å². The summed E-state index contributed by atoms with van der Waals surface area (Å²) < 4.78 is 23.2. The Morgan fingerprint density at radius 1 is 0.571 bits per heavy atom. The smallest absolute Gasteiger partial charge is 0.268 e. The van der Waals surface area contributed by atoms with Crippen molar-refractivity contribution in [1.82, 2.24) is 5.32 Å². The summed E-state index contributed by atoms with van der Waals surface area (Å²) in [5.41, 5.74) is 0. The van der Waals surface area contributed by atoms with E-state index in [9.17, 15) is 19.4 Å². The lowest BCUT2D eigenvalue weighted by atomic mass is 10.0. The van der Waals surface area contributed by atoms with Gasteiger partial charge in [0.15, 0.2) is 0 Å². The molecule has 0 saturated heterocycles. The molecule has 0 saturated carbocycles. The Morgan fingerprint density at radius 3 is 1.48 bits per heavy atom. The molecule has 0 radical (unpaired) electrons. The lowest BCUT2D eigenvalue weighted by molar-refractivity contribution is -0.870. The van der Waals surface area contributed by atoms with Crippen molar-refractivity contribution in [2.75, 3.05) is 40.9 Å². The van der Waals surface area contributed by atoms with Crippen molar-refractivity contribution in [3.05, 3.63) is 97.2 Å². The number of hydrogen-bond acceptors (Lipinski definition) is 6. The summed E-state index contributed by atoms with van der Waals surface area (Å²) >= 11 is 0. The second-order valence-corrected chi connectivity index (χ2v) is 19.2. The minimum Gasteiger partial charge on any atom is -0.756 e. The fourth-order valence-electron chi connectivity index (χ4n) is 6.56. The first-order chi connectivity index (χ1) is 30.5. The van der Waals surface area contributed by atoms with E-state index in [0.29, 0.717) is 17.4 Å². The number of carbonyl (C=O) groups is 1. The number of amides is 1. The normalized spacial score (nSPS) is 15.0. The molecule has 63 heavy (non-hydrogen) atoms. The van der Waals surface area contributed by atoms with Crippen LogP contribution in [0.5, 0.6) is 0 Å². The minimum absolute atomic E-state index is 0.0143. The van der Waals surface area contributed by atoms with E-state index < -0.39 is 26.6 Å². The predicted octanol–water partition coefficient (Wildman–Crippen LogP) is 14.1. The second kappa shape index (κ2) is 44.6. The van der Waals surface area contributed by atoms with Crippen molar-refractivity contribution in [2.24, 2.45) is 0 Å². The van der Waals surface area contributed by atoms with Crippen LogP contribution in [0.3, 0.4) is 0 Å². The summed E-state index contributed by atoms with van der Waals surface area (Å²) in [7, 11) is 1.22. The SMILES string of the molecule is CC/C=C\C/C=C\C/C=C\C/C=C\C/C=C\CCCCCCCCCCCCCC(=O)NC(COP(=O)([O-])OCC[N+](C)(C)C)C(O)/C=C/CC/C=C/CC/C=C/CCCCCC. The van der Waals surface area contributed by atoms with Gasteiger partial charge in [-0.25, -0.2) is 0 Å². The number of likely N-dealkylation sites (N-methyl/N-ethyl adjacent to an activating group) is 1. The number of unbranched alkanes of at least 4 members (excludes halogenated alkanes) is 17. The van der Waals surface area contributed by atoms with Gasteiger partial charge in [0.05, 0.1) is 39.9 Å². The van der Waals surface area contributed by atoms with E-state index in [1.165, 1.54) is 83.5 Å². The lowest BCUT2D eigenvalue weighted by Gasteiger charge is -2.29. The molecule has 8 nitrogen and oxygen atoms in total. The largest absolute Gasteiger partial charge is 0.756 e. The molecule has 0 heterocycles. The molecule has 0 aromatic rings. The Balaban J connectivity index is 4.30. The van der Waals surface area contributed by atoms with Crippen LogP contribution in [0.25, 0.3) is 0 Å². The van der Waals surface area contributed by atoms with E-state index in [0.717, 1.165) is 83.5 Å². The average Bonchev–Trinajstić information content (AvgIpc) is 3.24. The van der Waals surface area contributed by atoms with Gasteiger partial charge in [-0.3, -0.25) is 9.36 Å². The first-order valence-electron chi connectivity index (χ1n) is 25.1. The number of nitrogens with one attached hydrogen (secondary N) is 1. The van der Waals surface area contributed by atoms with Crippen LogP contribution in [-0.4, -0.2) is 68.5 Å². The van der Waals surface area contributed by atoms with Crippen molar-refractivity contribution in [3.8, 4) is 0 Å². The van der Waals surface area contributed by atoms with E-state index in [-0.39, 0.29) is 12.5 Å². The Labute approximate surface area is 388 Å². The van der Waals surface area contributed by atoms with Gasteiger partial charge in [-0.2, -0.15) is 0 Å². The first kappa shape index (κ1) is 60.4. The molecule has 3 unspecified atom stereocenters. The first-order valence-corrected chi connectivity index (χ1v) is 26.6. The maximum absolute atomic E-state index is 12.9. The quantitative estimate of drug-likeness (QED) is 0.0273. The van der Waals surface area contributed by atoms with Gasteiger partial charge in [-0.1, -0.05) is 188 Å². The summed E-state index contributed by atoms with van der Waals surface area (Å²) in [5, 5.41) is 13.8. The third-order valence-electron chi connectivity index (χ3n) is 10.5. The molecular weight excluding hydrogens is 804 g/mol. The molecule has 0 bridgehead atoms. The predicted molar refractivity (Wildman–Crippen MR) is 269 cm³/mol. The van der Waals surface area contributed by atoms with Gasteiger partial charge >= 0.3 is 0 Å². The van der Waals surface area contributed by atoms with Crippen molar-refractivity contribution in [1.29, 1.82) is 0 Å². The maximum Gasteiger partial charge on any atom is 0.268 e. The molecule has 0 aliphatic carbocycles. The molecule has 3 atom stereocenters. The standard InChI is InChI=1S/C54H95N2O6P/c1-6-8-10-12-14-16-18-20-22-23-24-25-26-27-28-29-30-31-32-33-34-36-38-40-42-44-46-48-54(58)55-52(51-62-63(59,60)61-50-49-56(3,4)5)53(57)47-45-43-41-39-37-35-21-19-17-15-13-11-9-7-2/h8,10,14,16-17,19-20,22,24-25,27-28,37,39,45,47,52-53,57H,6-7,9,11-13,15,18,21,23,26,29-36,38,40-44,46,48-51H2,1-5H3,(H-,55,58,59,60)/b10-8-,16-14-,19-17+,22-20-,25-24-,28-27-,39-37+,47-45+. The number of carbonyl (C=O) groups excluding carboxylic acids is 1. The van der Waals surface area contributed by atoms with E-state index >= 15 is 0 Å². The highest BCUT2D eigenvalue weighted by Gasteiger charge is 2.23. The molecule has 0 aromatic heterocycles. The zero-order valence-electron chi connectivity index (χ0n) is 41.0. The Hall–Kier alpha value is -2.58. The van der Waals surface area contributed by atoms with Gasteiger partial charge in [0.2, 0.25) is 5.91 Å². The number of nitrogens with zero attached hydrogens (tertiary/aromatic N) is 1. The summed E-state index contributed by atoms with van der Waals surface area (Å²) in [6.45, 7) is 4.46. The van der Waals surface area contributed by atoms with Crippen LogP contribution in [0.15, 0.2) is 97.2 Å². The van der Waals surface area contributed by atoms with Crippen molar-refractivity contribution >= 4 is 13.7 Å². The molecule has 2 N–H and O–H groups in total. The molecule has 0 rings (SSSR count). The number of phosphoric acid groups is 1. The Bertz CT molecular complexity index is 1340.